The van der Waals surface area contributed by atoms with Gasteiger partial charge in [-0.15, -0.1) is 0 Å². The smallest absolute Gasteiger partial charge is 0.310 e. The number of esters is 1. The number of hydrogen-bond acceptors (Lipinski definition) is 7. The van der Waals surface area contributed by atoms with Gasteiger partial charge < -0.3 is 14.5 Å². The number of ether oxygens (including phenoxy) is 1. The van der Waals surface area contributed by atoms with Crippen molar-refractivity contribution in [2.45, 2.75) is 46.4 Å². The average molecular weight is 412 g/mol. The molecule has 9 nitrogen and oxygen atoms in total. The van der Waals surface area contributed by atoms with Crippen molar-refractivity contribution in [2.24, 2.45) is 11.8 Å². The van der Waals surface area contributed by atoms with Crippen LogP contribution in [0, 0.1) is 23.2 Å². The molecule has 9 heteroatoms. The van der Waals surface area contributed by atoms with Crippen molar-refractivity contribution in [3.63, 3.8) is 0 Å². The van der Waals surface area contributed by atoms with Crippen LogP contribution in [0.2, 0.25) is 0 Å². The van der Waals surface area contributed by atoms with E-state index in [4.69, 9.17) is 10.00 Å². The van der Waals surface area contributed by atoms with Crippen LogP contribution in [-0.2, 0) is 21.1 Å². The summed E-state index contributed by atoms with van der Waals surface area (Å²) in [6.07, 6.45) is 4.10. The summed E-state index contributed by atoms with van der Waals surface area (Å²) in [5, 5.41) is 9.70. The Balaban J connectivity index is 1.82. The Morgan fingerprint density at radius 3 is 2.87 bits per heavy atom. The summed E-state index contributed by atoms with van der Waals surface area (Å²) in [5.41, 5.74) is 0.685. The molecule has 0 aromatic carbocycles. The Hall–Kier alpha value is -3.15. The number of rotatable bonds is 6. The first-order chi connectivity index (χ1) is 14.3. The van der Waals surface area contributed by atoms with E-state index in [9.17, 15) is 9.59 Å². The molecule has 30 heavy (non-hydrogen) atoms. The Bertz CT molecular complexity index is 963. The van der Waals surface area contributed by atoms with Crippen LogP contribution >= 0.6 is 0 Å². The molecule has 1 aliphatic heterocycles. The Kier molecular flexibility index (Phi) is 6.55. The lowest BCUT2D eigenvalue weighted by molar-refractivity contribution is -0.151. The summed E-state index contributed by atoms with van der Waals surface area (Å²) < 4.78 is 7.11. The van der Waals surface area contributed by atoms with Gasteiger partial charge in [0, 0.05) is 26.3 Å². The van der Waals surface area contributed by atoms with Gasteiger partial charge in [0.2, 0.25) is 5.91 Å². The SMILES string of the molecule is CC(C)C(=O)OCn1ccc2c(N(C)[C@H]3CN(C(=O)CC#N)CC[C@H]3C)ncnc21. The van der Waals surface area contributed by atoms with Crippen molar-refractivity contribution < 1.29 is 14.3 Å². The fraction of sp³-hybridized carbons (Fsp3) is 0.571. The molecule has 1 aliphatic rings. The average Bonchev–Trinajstić information content (AvgIpc) is 3.15. The Morgan fingerprint density at radius 1 is 1.40 bits per heavy atom. The van der Waals surface area contributed by atoms with Crippen molar-refractivity contribution in [2.75, 3.05) is 25.0 Å². The monoisotopic (exact) mass is 412 g/mol. The van der Waals surface area contributed by atoms with Gasteiger partial charge in [-0.25, -0.2) is 9.97 Å². The van der Waals surface area contributed by atoms with E-state index in [1.54, 1.807) is 23.3 Å². The second-order valence-electron chi connectivity index (χ2n) is 8.09. The molecule has 2 atom stereocenters. The van der Waals surface area contributed by atoms with Crippen LogP contribution < -0.4 is 4.90 Å². The molecule has 0 unspecified atom stereocenters. The zero-order valence-corrected chi connectivity index (χ0v) is 17.9. The molecule has 1 fully saturated rings. The number of carbonyl (C=O) groups excluding carboxylic acids is 2. The predicted octanol–water partition coefficient (Wildman–Crippen LogP) is 2.17. The number of nitrogens with zero attached hydrogens (tertiary/aromatic N) is 6. The maximum atomic E-state index is 12.2. The maximum Gasteiger partial charge on any atom is 0.310 e. The molecule has 3 heterocycles. The molecular formula is C21H28N6O3. The van der Waals surface area contributed by atoms with Gasteiger partial charge in [-0.05, 0) is 18.4 Å². The summed E-state index contributed by atoms with van der Waals surface area (Å²) >= 11 is 0. The minimum absolute atomic E-state index is 0.0709. The lowest BCUT2D eigenvalue weighted by Crippen LogP contribution is -2.52. The van der Waals surface area contributed by atoms with Crippen LogP contribution in [0.4, 0.5) is 5.82 Å². The highest BCUT2D eigenvalue weighted by molar-refractivity contribution is 5.88. The van der Waals surface area contributed by atoms with E-state index in [1.165, 1.54) is 6.33 Å². The molecule has 0 aliphatic carbocycles. The molecular weight excluding hydrogens is 384 g/mol. The molecule has 160 valence electrons. The van der Waals surface area contributed by atoms with Gasteiger partial charge in [-0.3, -0.25) is 14.2 Å². The fourth-order valence-electron chi connectivity index (χ4n) is 3.79. The number of fused-ring (bicyclic) bond motifs is 1. The Labute approximate surface area is 176 Å². The van der Waals surface area contributed by atoms with E-state index in [-0.39, 0.29) is 37.0 Å². The molecule has 0 bridgehead atoms. The van der Waals surface area contributed by atoms with Crippen molar-refractivity contribution in [3.05, 3.63) is 18.6 Å². The lowest BCUT2D eigenvalue weighted by atomic mass is 9.92. The molecule has 0 saturated carbocycles. The first kappa shape index (κ1) is 21.6. The van der Waals surface area contributed by atoms with Crippen LogP contribution in [0.3, 0.4) is 0 Å². The number of piperidine rings is 1. The number of nitriles is 1. The van der Waals surface area contributed by atoms with Crippen molar-refractivity contribution in [3.8, 4) is 6.07 Å². The minimum atomic E-state index is -0.263. The fourth-order valence-corrected chi connectivity index (χ4v) is 3.79. The summed E-state index contributed by atoms with van der Waals surface area (Å²) in [5.74, 6) is 0.540. The summed E-state index contributed by atoms with van der Waals surface area (Å²) in [7, 11) is 1.97. The molecule has 0 N–H and O–H groups in total. The number of aromatic nitrogens is 3. The second-order valence-corrected chi connectivity index (χ2v) is 8.09. The van der Waals surface area contributed by atoms with Gasteiger partial charge in [-0.1, -0.05) is 20.8 Å². The summed E-state index contributed by atoms with van der Waals surface area (Å²) in [6.45, 7) is 7.07. The van der Waals surface area contributed by atoms with E-state index in [1.807, 2.05) is 25.4 Å². The summed E-state index contributed by atoms with van der Waals surface area (Å²) in [6, 6.07) is 3.93. The molecule has 1 amide bonds. The summed E-state index contributed by atoms with van der Waals surface area (Å²) in [4.78, 5) is 36.7. The predicted molar refractivity (Wildman–Crippen MR) is 111 cm³/mol. The highest BCUT2D eigenvalue weighted by atomic mass is 16.5. The number of carbonyl (C=O) groups is 2. The maximum absolute atomic E-state index is 12.2. The number of likely N-dealkylation sites (tertiary alicyclic amines) is 1. The van der Waals surface area contributed by atoms with Gasteiger partial charge in [0.05, 0.1) is 23.4 Å². The van der Waals surface area contributed by atoms with Gasteiger partial charge in [0.1, 0.15) is 24.2 Å². The topological polar surface area (TPSA) is 104 Å². The molecule has 3 rings (SSSR count). The highest BCUT2D eigenvalue weighted by Gasteiger charge is 2.32. The van der Waals surface area contributed by atoms with Gasteiger partial charge in [-0.2, -0.15) is 5.26 Å². The van der Waals surface area contributed by atoms with Gasteiger partial charge in [0.25, 0.3) is 0 Å². The van der Waals surface area contributed by atoms with E-state index >= 15 is 0 Å². The number of anilines is 1. The number of hydrogen-bond donors (Lipinski definition) is 0. The first-order valence-electron chi connectivity index (χ1n) is 10.2. The molecule has 0 spiro atoms. The van der Waals surface area contributed by atoms with Crippen LogP contribution in [0.25, 0.3) is 11.0 Å². The van der Waals surface area contributed by atoms with E-state index in [2.05, 4.69) is 21.8 Å². The zero-order chi connectivity index (χ0) is 21.8. The third-order valence-corrected chi connectivity index (χ3v) is 5.69. The van der Waals surface area contributed by atoms with Gasteiger partial charge in [0.15, 0.2) is 6.73 Å². The standard InChI is InChI=1S/C21H28N6O3/c1-14(2)21(29)30-13-27-10-7-16-19(23-12-24-20(16)27)25(4)17-11-26(9-6-15(17)3)18(28)5-8-22/h7,10,12,14-15,17H,5-6,9,11,13H2,1-4H3/t15-,17+/m1/s1. The molecule has 2 aromatic heterocycles. The lowest BCUT2D eigenvalue weighted by Gasteiger charge is -2.42. The van der Waals surface area contributed by atoms with Gasteiger partial charge >= 0.3 is 5.97 Å². The third-order valence-electron chi connectivity index (χ3n) is 5.69. The van der Waals surface area contributed by atoms with Crippen LogP contribution in [-0.4, -0.2) is 57.5 Å². The largest absolute Gasteiger partial charge is 0.444 e. The van der Waals surface area contributed by atoms with Crippen LogP contribution in [0.1, 0.15) is 33.6 Å². The third kappa shape index (κ3) is 4.37. The second kappa shape index (κ2) is 9.11. The van der Waals surface area contributed by atoms with E-state index in [0.29, 0.717) is 24.7 Å². The van der Waals surface area contributed by atoms with Crippen LogP contribution in [0.5, 0.6) is 0 Å². The molecule has 2 aromatic rings. The minimum Gasteiger partial charge on any atom is -0.444 e. The number of amides is 1. The molecule has 0 radical (unpaired) electrons. The van der Waals surface area contributed by atoms with Crippen molar-refractivity contribution in [1.29, 1.82) is 5.26 Å². The van der Waals surface area contributed by atoms with Crippen LogP contribution in [0.15, 0.2) is 18.6 Å². The highest BCUT2D eigenvalue weighted by Crippen LogP contribution is 2.29. The number of likely N-dealkylation sites (N-methyl/N-ethyl adjacent to an activating group) is 1. The molecule has 1 saturated heterocycles. The van der Waals surface area contributed by atoms with Crippen molar-refractivity contribution >= 4 is 28.7 Å². The quantitative estimate of drug-likeness (QED) is 0.670. The van der Waals surface area contributed by atoms with E-state index in [0.717, 1.165) is 17.6 Å². The normalized spacial score (nSPS) is 19.0. The first-order valence-corrected chi connectivity index (χ1v) is 10.2. The zero-order valence-electron chi connectivity index (χ0n) is 17.9. The van der Waals surface area contributed by atoms with E-state index < -0.39 is 0 Å². The Morgan fingerprint density at radius 2 is 2.17 bits per heavy atom. The van der Waals surface area contributed by atoms with Crippen molar-refractivity contribution in [1.82, 2.24) is 19.4 Å².